The molecular formula is C7H4N4Na2O3S2. The minimum absolute atomic E-state index is 0. The van der Waals surface area contributed by atoms with Crippen LogP contribution in [0, 0.1) is 0 Å². The van der Waals surface area contributed by atoms with Crippen LogP contribution in [-0.4, -0.2) is 33.2 Å². The molecule has 0 amide bonds. The molecule has 1 aromatic heterocycles. The summed E-state index contributed by atoms with van der Waals surface area (Å²) in [6, 6.07) is 5.31. The van der Waals surface area contributed by atoms with Crippen molar-refractivity contribution in [3.8, 4) is 5.69 Å². The standard InChI is InChI=1S/C7H6N4O3S2.2Na/c12-16(13,14)6-3-1-2-5(4-6)11-7(15)8-9-10-11;;/h1-4H,(H,8,10,15)(H,12,13,14);;/q;2*+1/p-2. The van der Waals surface area contributed by atoms with E-state index in [0.717, 1.165) is 10.7 Å². The maximum absolute atomic E-state index is 10.8. The summed E-state index contributed by atoms with van der Waals surface area (Å²) in [5.41, 5.74) is 0.326. The summed E-state index contributed by atoms with van der Waals surface area (Å²) < 4.78 is 33.5. The Hall–Kier alpha value is 0.420. The number of aromatic nitrogens is 4. The van der Waals surface area contributed by atoms with E-state index < -0.39 is 10.1 Å². The Balaban J connectivity index is 0.00000144. The van der Waals surface area contributed by atoms with Crippen LogP contribution >= 0.6 is 0 Å². The molecule has 0 N–H and O–H groups in total. The van der Waals surface area contributed by atoms with Gasteiger partial charge in [-0.05, 0) is 28.6 Å². The summed E-state index contributed by atoms with van der Waals surface area (Å²) >= 11 is 4.80. The van der Waals surface area contributed by atoms with Crippen molar-refractivity contribution in [1.29, 1.82) is 0 Å². The fourth-order valence-corrected chi connectivity index (χ4v) is 1.80. The third-order valence-electron chi connectivity index (χ3n) is 1.79. The predicted molar refractivity (Wildman–Crippen MR) is 52.7 cm³/mol. The van der Waals surface area contributed by atoms with Crippen molar-refractivity contribution in [3.05, 3.63) is 24.3 Å². The van der Waals surface area contributed by atoms with Gasteiger partial charge in [0, 0.05) is 5.16 Å². The number of rotatable bonds is 2. The zero-order valence-electron chi connectivity index (χ0n) is 9.64. The van der Waals surface area contributed by atoms with Gasteiger partial charge in [0.1, 0.15) is 10.1 Å². The summed E-state index contributed by atoms with van der Waals surface area (Å²) in [5.74, 6) is 0. The smallest absolute Gasteiger partial charge is 0.744 e. The molecule has 11 heteroatoms. The van der Waals surface area contributed by atoms with E-state index in [-0.39, 0.29) is 69.2 Å². The summed E-state index contributed by atoms with van der Waals surface area (Å²) in [5, 5.41) is 10.4. The largest absolute Gasteiger partial charge is 1.00 e. The van der Waals surface area contributed by atoms with Crippen molar-refractivity contribution in [3.63, 3.8) is 0 Å². The second-order valence-corrected chi connectivity index (χ2v) is 4.57. The maximum Gasteiger partial charge on any atom is 1.00 e. The van der Waals surface area contributed by atoms with Crippen molar-refractivity contribution in [2.75, 3.05) is 0 Å². The van der Waals surface area contributed by atoms with Crippen LogP contribution in [-0.2, 0) is 22.7 Å². The van der Waals surface area contributed by atoms with Gasteiger partial charge in [-0.15, -0.1) is 5.10 Å². The first-order valence-corrected chi connectivity index (χ1v) is 5.82. The van der Waals surface area contributed by atoms with Crippen LogP contribution < -0.4 is 59.1 Å². The first kappa shape index (κ1) is 18.4. The van der Waals surface area contributed by atoms with Crippen molar-refractivity contribution >= 4 is 22.7 Å². The maximum atomic E-state index is 10.8. The molecule has 0 bridgehead atoms. The van der Waals surface area contributed by atoms with Crippen LogP contribution in [0.1, 0.15) is 0 Å². The summed E-state index contributed by atoms with van der Waals surface area (Å²) in [4.78, 5) is -0.352. The van der Waals surface area contributed by atoms with Crippen LogP contribution in [0.4, 0.5) is 0 Å². The number of nitrogens with zero attached hydrogens (tertiary/aromatic N) is 4. The molecule has 7 nitrogen and oxygen atoms in total. The Labute approximate surface area is 153 Å². The van der Waals surface area contributed by atoms with E-state index in [9.17, 15) is 13.0 Å². The SMILES string of the molecule is O=S(=O)([O-])c1cccc(-n2nnnc2[S-])c1.[Na+].[Na+]. The fourth-order valence-electron chi connectivity index (χ4n) is 1.11. The van der Waals surface area contributed by atoms with E-state index in [1.54, 1.807) is 6.07 Å². The Morgan fingerprint density at radius 2 is 1.94 bits per heavy atom. The zero-order valence-corrected chi connectivity index (χ0v) is 15.3. The quantitative estimate of drug-likeness (QED) is 0.309. The molecule has 1 heterocycles. The normalized spacial score (nSPS) is 10.3. The minimum atomic E-state index is -4.50. The first-order valence-electron chi connectivity index (χ1n) is 4.00. The van der Waals surface area contributed by atoms with E-state index in [2.05, 4.69) is 15.5 Å². The molecule has 0 radical (unpaired) electrons. The zero-order chi connectivity index (χ0) is 11.8. The molecular weight excluding hydrogens is 298 g/mol. The number of hydrogen-bond acceptors (Lipinski definition) is 7. The van der Waals surface area contributed by atoms with Gasteiger partial charge in [-0.3, -0.25) is 0 Å². The van der Waals surface area contributed by atoms with E-state index >= 15 is 0 Å². The molecule has 2 rings (SSSR count). The molecule has 0 aliphatic carbocycles. The fraction of sp³-hybridized carbons (Fsp3) is 0. The first-order chi connectivity index (χ1) is 7.48. The third-order valence-corrected chi connectivity index (χ3v) is 2.88. The average molecular weight is 302 g/mol. The molecule has 2 aromatic rings. The molecule has 0 aliphatic heterocycles. The van der Waals surface area contributed by atoms with Crippen LogP contribution in [0.5, 0.6) is 0 Å². The molecule has 84 valence electrons. The molecule has 0 saturated carbocycles. The summed E-state index contributed by atoms with van der Waals surface area (Å²) in [6.45, 7) is 0. The van der Waals surface area contributed by atoms with Gasteiger partial charge < -0.3 is 17.2 Å². The number of hydrogen-bond donors (Lipinski definition) is 0. The van der Waals surface area contributed by atoms with Gasteiger partial charge in [0.05, 0.1) is 10.6 Å². The monoisotopic (exact) mass is 302 g/mol. The summed E-state index contributed by atoms with van der Waals surface area (Å²) in [7, 11) is -4.50. The molecule has 18 heavy (non-hydrogen) atoms. The van der Waals surface area contributed by atoms with Gasteiger partial charge in [-0.1, -0.05) is 6.07 Å². The topological polar surface area (TPSA) is 101 Å². The van der Waals surface area contributed by atoms with Crippen molar-refractivity contribution in [2.45, 2.75) is 10.1 Å². The van der Waals surface area contributed by atoms with Gasteiger partial charge in [-0.2, -0.15) is 0 Å². The molecule has 0 unspecified atom stereocenters. The number of benzene rings is 1. The second kappa shape index (κ2) is 7.27. The summed E-state index contributed by atoms with van der Waals surface area (Å²) in [6.07, 6.45) is 0. The third kappa shape index (κ3) is 4.22. The second-order valence-electron chi connectivity index (χ2n) is 2.82. The van der Waals surface area contributed by atoms with E-state index in [1.165, 1.54) is 12.1 Å². The average Bonchev–Trinajstić information content (AvgIpc) is 2.63. The molecule has 0 atom stereocenters. The van der Waals surface area contributed by atoms with Crippen molar-refractivity contribution in [2.24, 2.45) is 0 Å². The van der Waals surface area contributed by atoms with E-state index in [1.807, 2.05) is 0 Å². The van der Waals surface area contributed by atoms with Crippen molar-refractivity contribution < 1.29 is 72.1 Å². The number of tetrazole rings is 1. The van der Waals surface area contributed by atoms with Crippen LogP contribution in [0.15, 0.2) is 34.3 Å². The Morgan fingerprint density at radius 1 is 1.28 bits per heavy atom. The van der Waals surface area contributed by atoms with Gasteiger partial charge in [0.15, 0.2) is 0 Å². The van der Waals surface area contributed by atoms with Crippen LogP contribution in [0.3, 0.4) is 0 Å². The van der Waals surface area contributed by atoms with Gasteiger partial charge in [-0.25, -0.2) is 13.1 Å². The van der Waals surface area contributed by atoms with Crippen molar-refractivity contribution in [1.82, 2.24) is 20.2 Å². The molecule has 0 fully saturated rings. The molecule has 1 aromatic carbocycles. The molecule has 0 spiro atoms. The van der Waals surface area contributed by atoms with Crippen LogP contribution in [0.2, 0.25) is 0 Å². The van der Waals surface area contributed by atoms with Gasteiger partial charge in [0.25, 0.3) is 0 Å². The minimum Gasteiger partial charge on any atom is -0.744 e. The van der Waals surface area contributed by atoms with E-state index in [0.29, 0.717) is 5.69 Å². The van der Waals surface area contributed by atoms with E-state index in [4.69, 9.17) is 12.6 Å². The van der Waals surface area contributed by atoms with Crippen LogP contribution in [0.25, 0.3) is 5.69 Å². The Bertz CT molecular complexity index is 631. The Kier molecular flexibility index (Phi) is 7.44. The molecule has 0 saturated heterocycles. The molecule has 0 aliphatic rings. The Morgan fingerprint density at radius 3 is 2.44 bits per heavy atom. The van der Waals surface area contributed by atoms with Gasteiger partial charge in [0.2, 0.25) is 0 Å². The van der Waals surface area contributed by atoms with Gasteiger partial charge >= 0.3 is 59.1 Å². The predicted octanol–water partition coefficient (Wildman–Crippen LogP) is -6.52.